The number of halogens is 2. The molecule has 1 saturated heterocycles. The van der Waals surface area contributed by atoms with Crippen molar-refractivity contribution < 1.29 is 18.7 Å². The van der Waals surface area contributed by atoms with Crippen molar-refractivity contribution in [1.29, 1.82) is 5.26 Å². The topological polar surface area (TPSA) is 120 Å². The highest BCUT2D eigenvalue weighted by Crippen LogP contribution is 2.56. The third-order valence-electron chi connectivity index (χ3n) is 7.44. The number of ether oxygens (including phenoxy) is 1. The van der Waals surface area contributed by atoms with Gasteiger partial charge >= 0.3 is 6.03 Å². The van der Waals surface area contributed by atoms with Gasteiger partial charge in [0.1, 0.15) is 11.9 Å². The molecule has 0 spiro atoms. The van der Waals surface area contributed by atoms with Crippen LogP contribution in [-0.4, -0.2) is 42.6 Å². The van der Waals surface area contributed by atoms with E-state index in [1.807, 2.05) is 6.07 Å². The molecule has 10 heteroatoms. The maximum absolute atomic E-state index is 14.8. The van der Waals surface area contributed by atoms with E-state index in [2.05, 4.69) is 16.7 Å². The van der Waals surface area contributed by atoms with Crippen molar-refractivity contribution in [2.24, 2.45) is 5.73 Å². The van der Waals surface area contributed by atoms with E-state index in [-0.39, 0.29) is 30.7 Å². The zero-order chi connectivity index (χ0) is 27.7. The number of likely N-dealkylation sites (tertiary alicyclic amines) is 1. The fraction of sp³-hybridized carbons (Fsp3) is 0.276. The number of nitrogens with zero attached hydrogens (tertiary/aromatic N) is 2. The van der Waals surface area contributed by atoms with Gasteiger partial charge in [0.25, 0.3) is 0 Å². The number of nitrogens with two attached hydrogens (primary N) is 1. The molecule has 1 saturated carbocycles. The Balaban J connectivity index is 1.32. The van der Waals surface area contributed by atoms with Crippen LogP contribution in [0.3, 0.4) is 0 Å². The number of hydrogen-bond acceptors (Lipinski definition) is 5. The lowest BCUT2D eigenvalue weighted by Gasteiger charge is -2.24. The molecule has 1 aliphatic carbocycles. The number of methoxy groups -OCH3 is 1. The quantitative estimate of drug-likeness (QED) is 0.403. The average molecular weight is 548 g/mol. The predicted octanol–water partition coefficient (Wildman–Crippen LogP) is 4.95. The first kappa shape index (κ1) is 26.6. The van der Waals surface area contributed by atoms with E-state index in [0.717, 1.165) is 11.1 Å². The van der Waals surface area contributed by atoms with Crippen molar-refractivity contribution in [3.8, 4) is 6.07 Å². The second-order valence-electron chi connectivity index (χ2n) is 9.92. The highest BCUT2D eigenvalue weighted by Gasteiger charge is 2.53. The lowest BCUT2D eigenvalue weighted by Crippen LogP contribution is -2.45. The van der Waals surface area contributed by atoms with Gasteiger partial charge in [0.2, 0.25) is 5.91 Å². The predicted molar refractivity (Wildman–Crippen MR) is 146 cm³/mol. The molecule has 0 aromatic heterocycles. The van der Waals surface area contributed by atoms with Crippen LogP contribution in [0.15, 0.2) is 66.7 Å². The smallest absolute Gasteiger partial charge is 0.322 e. The molecule has 2 aliphatic rings. The molecule has 8 nitrogen and oxygen atoms in total. The van der Waals surface area contributed by atoms with Gasteiger partial charge in [-0.2, -0.15) is 5.26 Å². The van der Waals surface area contributed by atoms with Gasteiger partial charge in [-0.25, -0.2) is 9.18 Å². The number of carbonyl (C=O) groups is 2. The molecular weight excluding hydrogens is 521 g/mol. The van der Waals surface area contributed by atoms with Crippen molar-refractivity contribution in [3.05, 3.63) is 94.3 Å². The van der Waals surface area contributed by atoms with Crippen molar-refractivity contribution in [2.75, 3.05) is 24.3 Å². The van der Waals surface area contributed by atoms with E-state index in [1.165, 1.54) is 18.1 Å². The Morgan fingerprint density at radius 2 is 1.92 bits per heavy atom. The number of benzene rings is 3. The standard InChI is InChI=1S/C29H27ClFN5O3/c1-39-22-13-26(36(16-22)28(38)34-21-8-6-20(30)7-9-21)27(37)35-25-12-18(5-10-24(25)31)23-14-29(23,33)19-4-2-3-17(11-19)15-32/h2-12,22-23,26H,13-14,16,33H2,1H3,(H,34,38)(H,35,37). The van der Waals surface area contributed by atoms with Crippen LogP contribution in [0.25, 0.3) is 0 Å². The lowest BCUT2D eigenvalue weighted by atomic mass is 9.97. The summed E-state index contributed by atoms with van der Waals surface area (Å²) in [6.07, 6.45) is 0.542. The Labute approximate surface area is 230 Å². The fourth-order valence-electron chi connectivity index (χ4n) is 5.13. The Morgan fingerprint density at radius 3 is 2.64 bits per heavy atom. The molecule has 3 aromatic rings. The minimum atomic E-state index is -0.867. The zero-order valence-corrected chi connectivity index (χ0v) is 21.9. The SMILES string of the molecule is COC1CC(C(=O)Nc2cc(C3CC3(N)c3cccc(C#N)c3)ccc2F)N(C(=O)Nc2ccc(Cl)cc2)C1. The largest absolute Gasteiger partial charge is 0.380 e. The number of rotatable bonds is 6. The molecule has 39 heavy (non-hydrogen) atoms. The van der Waals surface area contributed by atoms with E-state index in [9.17, 15) is 19.2 Å². The Morgan fingerprint density at radius 1 is 1.15 bits per heavy atom. The first-order chi connectivity index (χ1) is 18.7. The Bertz CT molecular complexity index is 1460. The maximum Gasteiger partial charge on any atom is 0.322 e. The summed E-state index contributed by atoms with van der Waals surface area (Å²) >= 11 is 5.92. The summed E-state index contributed by atoms with van der Waals surface area (Å²) in [6, 6.07) is 19.1. The van der Waals surface area contributed by atoms with Gasteiger partial charge in [0.15, 0.2) is 0 Å². The number of anilines is 2. The summed E-state index contributed by atoms with van der Waals surface area (Å²) in [6.45, 7) is 0.204. The Kier molecular flexibility index (Phi) is 7.28. The number of urea groups is 1. The van der Waals surface area contributed by atoms with Crippen molar-refractivity contribution in [2.45, 2.75) is 36.4 Å². The normalized spacial score (nSPS) is 23.7. The number of nitrogens with one attached hydrogen (secondary N) is 2. The lowest BCUT2D eigenvalue weighted by molar-refractivity contribution is -0.119. The first-order valence-electron chi connectivity index (χ1n) is 12.5. The van der Waals surface area contributed by atoms with Gasteiger partial charge in [-0.05, 0) is 66.1 Å². The fourth-order valence-corrected chi connectivity index (χ4v) is 5.26. The van der Waals surface area contributed by atoms with Crippen LogP contribution in [0.5, 0.6) is 0 Å². The summed E-state index contributed by atoms with van der Waals surface area (Å²) < 4.78 is 20.2. The van der Waals surface area contributed by atoms with Crippen molar-refractivity contribution in [3.63, 3.8) is 0 Å². The van der Waals surface area contributed by atoms with Gasteiger partial charge in [0, 0.05) is 42.2 Å². The molecule has 0 bridgehead atoms. The molecule has 3 aromatic carbocycles. The highest BCUT2D eigenvalue weighted by molar-refractivity contribution is 6.30. The maximum atomic E-state index is 14.8. The molecule has 3 amide bonds. The molecule has 1 heterocycles. The second kappa shape index (κ2) is 10.7. The van der Waals surface area contributed by atoms with Gasteiger partial charge in [-0.3, -0.25) is 4.79 Å². The zero-order valence-electron chi connectivity index (χ0n) is 21.2. The third-order valence-corrected chi connectivity index (χ3v) is 7.69. The van der Waals surface area contributed by atoms with E-state index < -0.39 is 29.3 Å². The van der Waals surface area contributed by atoms with Crippen LogP contribution in [0.4, 0.5) is 20.6 Å². The number of nitriles is 1. The van der Waals surface area contributed by atoms with Crippen molar-refractivity contribution in [1.82, 2.24) is 4.90 Å². The van der Waals surface area contributed by atoms with E-state index in [1.54, 1.807) is 54.6 Å². The van der Waals surface area contributed by atoms with Crippen LogP contribution in [0.1, 0.15) is 35.4 Å². The molecule has 5 rings (SSSR count). The first-order valence-corrected chi connectivity index (χ1v) is 12.9. The van der Waals surface area contributed by atoms with E-state index in [4.69, 9.17) is 22.1 Å². The van der Waals surface area contributed by atoms with E-state index >= 15 is 0 Å². The monoisotopic (exact) mass is 547 g/mol. The Hall–Kier alpha value is -3.97. The molecule has 1 aliphatic heterocycles. The van der Waals surface area contributed by atoms with Crippen LogP contribution in [-0.2, 0) is 15.1 Å². The van der Waals surface area contributed by atoms with Gasteiger partial charge in [-0.1, -0.05) is 29.8 Å². The molecule has 0 radical (unpaired) electrons. The summed E-state index contributed by atoms with van der Waals surface area (Å²) in [5.74, 6) is -1.22. The van der Waals surface area contributed by atoms with Gasteiger partial charge in [0.05, 0.1) is 23.4 Å². The summed E-state index contributed by atoms with van der Waals surface area (Å²) in [5.41, 5.74) is 8.63. The number of amides is 3. The summed E-state index contributed by atoms with van der Waals surface area (Å²) in [7, 11) is 1.52. The van der Waals surface area contributed by atoms with Crippen molar-refractivity contribution >= 4 is 34.9 Å². The molecule has 200 valence electrons. The second-order valence-corrected chi connectivity index (χ2v) is 10.4. The molecule has 4 unspecified atom stereocenters. The van der Waals surface area contributed by atoms with Crippen LogP contribution >= 0.6 is 11.6 Å². The minimum Gasteiger partial charge on any atom is -0.380 e. The highest BCUT2D eigenvalue weighted by atomic mass is 35.5. The number of hydrogen-bond donors (Lipinski definition) is 3. The summed E-state index contributed by atoms with van der Waals surface area (Å²) in [4.78, 5) is 27.7. The molecule has 4 atom stereocenters. The minimum absolute atomic E-state index is 0.0106. The average Bonchev–Trinajstić information content (AvgIpc) is 3.44. The summed E-state index contributed by atoms with van der Waals surface area (Å²) in [5, 5.41) is 15.2. The number of carbonyl (C=O) groups excluding carboxylic acids is 2. The molecule has 2 fully saturated rings. The van der Waals surface area contributed by atoms with Gasteiger partial charge in [-0.15, -0.1) is 0 Å². The molecule has 4 N–H and O–H groups in total. The van der Waals surface area contributed by atoms with E-state index in [0.29, 0.717) is 22.7 Å². The van der Waals surface area contributed by atoms with Crippen LogP contribution in [0, 0.1) is 17.1 Å². The van der Waals surface area contributed by atoms with Crippen LogP contribution in [0.2, 0.25) is 5.02 Å². The molecular formula is C29H27ClFN5O3. The van der Waals surface area contributed by atoms with Crippen LogP contribution < -0.4 is 16.4 Å². The van der Waals surface area contributed by atoms with Gasteiger partial charge < -0.3 is 26.0 Å². The third kappa shape index (κ3) is 5.45.